The van der Waals surface area contributed by atoms with E-state index in [-0.39, 0.29) is 24.6 Å². The van der Waals surface area contributed by atoms with Crippen LogP contribution in [0.15, 0.2) is 12.3 Å². The molecule has 0 bridgehead atoms. The quantitative estimate of drug-likeness (QED) is 0.650. The summed E-state index contributed by atoms with van der Waals surface area (Å²) in [6.07, 6.45) is 3.74. The van der Waals surface area contributed by atoms with Gasteiger partial charge in [0.2, 0.25) is 0 Å². The van der Waals surface area contributed by atoms with E-state index in [2.05, 4.69) is 0 Å². The van der Waals surface area contributed by atoms with E-state index >= 15 is 0 Å². The zero-order valence-electron chi connectivity index (χ0n) is 7.60. The van der Waals surface area contributed by atoms with E-state index in [1.807, 2.05) is 6.08 Å². The van der Waals surface area contributed by atoms with Crippen molar-refractivity contribution >= 4 is 5.97 Å². The Morgan fingerprint density at radius 2 is 2.54 bits per heavy atom. The van der Waals surface area contributed by atoms with Crippen LogP contribution in [0.3, 0.4) is 0 Å². The highest BCUT2D eigenvalue weighted by molar-refractivity contribution is 5.66. The van der Waals surface area contributed by atoms with Crippen LogP contribution < -0.4 is 0 Å². The van der Waals surface area contributed by atoms with Crippen molar-refractivity contribution in [1.29, 1.82) is 0 Å². The van der Waals surface area contributed by atoms with Gasteiger partial charge in [-0.2, -0.15) is 0 Å². The summed E-state index contributed by atoms with van der Waals surface area (Å²) in [5.41, 5.74) is 0. The molecule has 1 aliphatic rings. The second kappa shape index (κ2) is 4.87. The maximum atomic E-state index is 10.7. The predicted octanol–water partition coefficient (Wildman–Crippen LogP) is 0.461. The molecule has 4 nitrogen and oxygen atoms in total. The van der Waals surface area contributed by atoms with E-state index in [0.717, 1.165) is 0 Å². The van der Waals surface area contributed by atoms with Crippen LogP contribution in [0.5, 0.6) is 0 Å². The minimum absolute atomic E-state index is 0.0719. The number of carbonyl (C=O) groups excluding carboxylic acids is 1. The lowest BCUT2D eigenvalue weighted by Gasteiger charge is -2.26. The van der Waals surface area contributed by atoms with E-state index in [9.17, 15) is 4.79 Å². The molecule has 0 saturated carbocycles. The van der Waals surface area contributed by atoms with Crippen LogP contribution in [0.4, 0.5) is 0 Å². The summed E-state index contributed by atoms with van der Waals surface area (Å²) in [5.74, 6) is -0.241. The molecule has 0 aromatic heterocycles. The van der Waals surface area contributed by atoms with Gasteiger partial charge in [-0.3, -0.25) is 4.79 Å². The molecule has 1 N–H and O–H groups in total. The third kappa shape index (κ3) is 3.06. The minimum Gasteiger partial charge on any atom is -0.498 e. The topological polar surface area (TPSA) is 55.8 Å². The van der Waals surface area contributed by atoms with Crippen molar-refractivity contribution in [1.82, 2.24) is 0 Å². The van der Waals surface area contributed by atoms with Crippen molar-refractivity contribution in [2.24, 2.45) is 5.92 Å². The van der Waals surface area contributed by atoms with Crippen LogP contribution in [0.25, 0.3) is 0 Å². The number of hydrogen-bond donors (Lipinski definition) is 1. The Labute approximate surface area is 77.1 Å². The summed E-state index contributed by atoms with van der Waals surface area (Å²) < 4.78 is 10.1. The molecular weight excluding hydrogens is 172 g/mol. The Balaban J connectivity index is 2.49. The van der Waals surface area contributed by atoms with Crippen molar-refractivity contribution in [3.63, 3.8) is 0 Å². The molecule has 1 aliphatic heterocycles. The Morgan fingerprint density at radius 1 is 1.77 bits per heavy atom. The van der Waals surface area contributed by atoms with Gasteiger partial charge in [-0.1, -0.05) is 0 Å². The van der Waals surface area contributed by atoms with E-state index in [1.165, 1.54) is 6.92 Å². The number of esters is 1. The van der Waals surface area contributed by atoms with Gasteiger partial charge in [0.1, 0.15) is 12.7 Å². The number of carbonyl (C=O) groups is 1. The molecular formula is C9H14O4. The molecule has 74 valence electrons. The van der Waals surface area contributed by atoms with E-state index in [0.29, 0.717) is 13.0 Å². The molecule has 1 rings (SSSR count). The van der Waals surface area contributed by atoms with Crippen LogP contribution >= 0.6 is 0 Å². The van der Waals surface area contributed by atoms with Gasteiger partial charge < -0.3 is 14.6 Å². The van der Waals surface area contributed by atoms with Crippen LogP contribution in [0, 0.1) is 5.92 Å². The maximum absolute atomic E-state index is 10.7. The van der Waals surface area contributed by atoms with Crippen LogP contribution in [0.1, 0.15) is 13.3 Å². The average Bonchev–Trinajstić information content (AvgIpc) is 2.08. The standard InChI is InChI=1S/C9H14O4/c1-7(11)13-9-6-12-5-3-8(9)2-4-10/h3,5,8-10H,2,4,6H2,1H3/t8-,9-/m1/s1. The highest BCUT2D eigenvalue weighted by Gasteiger charge is 2.24. The summed E-state index contributed by atoms with van der Waals surface area (Å²) >= 11 is 0. The van der Waals surface area contributed by atoms with Crippen molar-refractivity contribution in [3.8, 4) is 0 Å². The second-order valence-corrected chi connectivity index (χ2v) is 2.99. The SMILES string of the molecule is CC(=O)O[C@@H]1COC=C[C@H]1CCO. The van der Waals surface area contributed by atoms with Gasteiger partial charge in [-0.25, -0.2) is 0 Å². The van der Waals surface area contributed by atoms with Crippen molar-refractivity contribution in [3.05, 3.63) is 12.3 Å². The molecule has 0 aromatic rings. The first-order valence-corrected chi connectivity index (χ1v) is 4.30. The first-order chi connectivity index (χ1) is 6.24. The lowest BCUT2D eigenvalue weighted by Crippen LogP contribution is -2.32. The molecule has 0 amide bonds. The third-order valence-corrected chi connectivity index (χ3v) is 1.94. The molecule has 0 fully saturated rings. The van der Waals surface area contributed by atoms with Gasteiger partial charge in [0.25, 0.3) is 0 Å². The molecule has 0 unspecified atom stereocenters. The summed E-state index contributed by atoms with van der Waals surface area (Å²) in [5, 5.41) is 8.76. The molecule has 0 radical (unpaired) electrons. The third-order valence-electron chi connectivity index (χ3n) is 1.94. The van der Waals surface area contributed by atoms with Crippen LogP contribution in [-0.4, -0.2) is 30.4 Å². The second-order valence-electron chi connectivity index (χ2n) is 2.99. The van der Waals surface area contributed by atoms with Gasteiger partial charge in [-0.05, 0) is 12.5 Å². The molecule has 0 saturated heterocycles. The number of ether oxygens (including phenoxy) is 2. The molecule has 4 heteroatoms. The number of rotatable bonds is 3. The number of aliphatic hydroxyl groups is 1. The molecule has 0 aromatic carbocycles. The van der Waals surface area contributed by atoms with Crippen molar-refractivity contribution < 1.29 is 19.4 Å². The van der Waals surface area contributed by atoms with E-state index < -0.39 is 0 Å². The normalized spacial score (nSPS) is 26.6. The smallest absolute Gasteiger partial charge is 0.303 e. The Bertz CT molecular complexity index is 200. The highest BCUT2D eigenvalue weighted by atomic mass is 16.6. The predicted molar refractivity (Wildman–Crippen MR) is 45.8 cm³/mol. The monoisotopic (exact) mass is 186 g/mol. The van der Waals surface area contributed by atoms with Gasteiger partial charge in [0, 0.05) is 19.4 Å². The fourth-order valence-corrected chi connectivity index (χ4v) is 1.32. The molecule has 0 spiro atoms. The minimum atomic E-state index is -0.313. The first-order valence-electron chi connectivity index (χ1n) is 4.30. The summed E-state index contributed by atoms with van der Waals surface area (Å²) in [6, 6.07) is 0. The summed E-state index contributed by atoms with van der Waals surface area (Å²) in [6.45, 7) is 1.84. The van der Waals surface area contributed by atoms with Crippen LogP contribution in [-0.2, 0) is 14.3 Å². The first kappa shape index (κ1) is 10.1. The van der Waals surface area contributed by atoms with Crippen molar-refractivity contribution in [2.75, 3.05) is 13.2 Å². The van der Waals surface area contributed by atoms with E-state index in [1.54, 1.807) is 6.26 Å². The number of hydrogen-bond acceptors (Lipinski definition) is 4. The zero-order valence-corrected chi connectivity index (χ0v) is 7.60. The average molecular weight is 186 g/mol. The van der Waals surface area contributed by atoms with Gasteiger partial charge in [-0.15, -0.1) is 0 Å². The largest absolute Gasteiger partial charge is 0.498 e. The molecule has 13 heavy (non-hydrogen) atoms. The lowest BCUT2D eigenvalue weighted by molar-refractivity contribution is -0.151. The highest BCUT2D eigenvalue weighted by Crippen LogP contribution is 2.18. The van der Waals surface area contributed by atoms with Crippen LogP contribution in [0.2, 0.25) is 0 Å². The zero-order chi connectivity index (χ0) is 9.68. The lowest BCUT2D eigenvalue weighted by atomic mass is 9.98. The summed E-state index contributed by atoms with van der Waals surface area (Å²) in [4.78, 5) is 10.7. The van der Waals surface area contributed by atoms with Gasteiger partial charge >= 0.3 is 5.97 Å². The molecule has 1 heterocycles. The van der Waals surface area contributed by atoms with E-state index in [4.69, 9.17) is 14.6 Å². The Hall–Kier alpha value is -1.03. The summed E-state index contributed by atoms with van der Waals surface area (Å²) in [7, 11) is 0. The fourth-order valence-electron chi connectivity index (χ4n) is 1.32. The fraction of sp³-hybridized carbons (Fsp3) is 0.667. The Kier molecular flexibility index (Phi) is 3.76. The maximum Gasteiger partial charge on any atom is 0.303 e. The van der Waals surface area contributed by atoms with Gasteiger partial charge in [0.15, 0.2) is 0 Å². The molecule has 2 atom stereocenters. The Morgan fingerprint density at radius 3 is 3.15 bits per heavy atom. The van der Waals surface area contributed by atoms with Gasteiger partial charge in [0.05, 0.1) is 6.26 Å². The molecule has 0 aliphatic carbocycles. The number of aliphatic hydroxyl groups excluding tert-OH is 1. The van der Waals surface area contributed by atoms with Crippen molar-refractivity contribution in [2.45, 2.75) is 19.4 Å².